The van der Waals surface area contributed by atoms with Crippen molar-refractivity contribution in [2.45, 2.75) is 45.4 Å². The highest BCUT2D eigenvalue weighted by atomic mass is 16.3. The monoisotopic (exact) mass is 261 g/mol. The molecule has 1 aliphatic rings. The van der Waals surface area contributed by atoms with Crippen molar-refractivity contribution in [3.63, 3.8) is 0 Å². The molecule has 0 unspecified atom stereocenters. The Hall–Kier alpha value is -1.75. The summed E-state index contributed by atoms with van der Waals surface area (Å²) in [6.45, 7) is 3.92. The second-order valence-corrected chi connectivity index (χ2v) is 5.02. The molecule has 0 bridgehead atoms. The summed E-state index contributed by atoms with van der Waals surface area (Å²) in [5, 5.41) is 3.41. The first-order chi connectivity index (χ1) is 9.26. The van der Waals surface area contributed by atoms with E-state index in [0.717, 1.165) is 18.1 Å². The Morgan fingerprint density at radius 3 is 2.68 bits per heavy atom. The molecule has 0 saturated heterocycles. The molecule has 2 aromatic heterocycles. The van der Waals surface area contributed by atoms with E-state index in [0.29, 0.717) is 19.1 Å². The Morgan fingerprint density at radius 1 is 1.26 bits per heavy atom. The van der Waals surface area contributed by atoms with Gasteiger partial charge in [0.05, 0.1) is 13.1 Å². The quantitative estimate of drug-likeness (QED) is 0.858. The number of hydrogen-bond acceptors (Lipinski definition) is 3. The number of aromatic nitrogens is 2. The molecular formula is C14H19N3O2. The second-order valence-electron chi connectivity index (χ2n) is 5.02. The van der Waals surface area contributed by atoms with Gasteiger partial charge in [0.15, 0.2) is 0 Å². The summed E-state index contributed by atoms with van der Waals surface area (Å²) in [5.74, 6) is 1.76. The molecule has 0 amide bonds. The number of nitrogens with one attached hydrogen (secondary N) is 1. The second kappa shape index (κ2) is 5.09. The molecule has 1 fully saturated rings. The summed E-state index contributed by atoms with van der Waals surface area (Å²) < 4.78 is 9.08. The van der Waals surface area contributed by atoms with Crippen LogP contribution in [0.4, 0.5) is 0 Å². The van der Waals surface area contributed by atoms with Crippen LogP contribution >= 0.6 is 0 Å². The van der Waals surface area contributed by atoms with Gasteiger partial charge in [0.1, 0.15) is 11.5 Å². The normalized spacial score (nSPS) is 15.0. The van der Waals surface area contributed by atoms with Gasteiger partial charge >= 0.3 is 5.69 Å². The Bertz CT molecular complexity index is 604. The minimum Gasteiger partial charge on any atom is -0.463 e. The lowest BCUT2D eigenvalue weighted by atomic mass is 10.4. The molecule has 1 saturated carbocycles. The van der Waals surface area contributed by atoms with Gasteiger partial charge < -0.3 is 9.73 Å². The number of nitrogens with zero attached hydrogens (tertiary/aromatic N) is 2. The molecule has 3 rings (SSSR count). The Morgan fingerprint density at radius 2 is 2.00 bits per heavy atom. The van der Waals surface area contributed by atoms with Gasteiger partial charge in [-0.2, -0.15) is 0 Å². The lowest BCUT2D eigenvalue weighted by Gasteiger charge is -2.00. The number of aryl methyl sites for hydroxylation is 1. The Kier molecular flexibility index (Phi) is 3.29. The van der Waals surface area contributed by atoms with Crippen molar-refractivity contribution in [2.24, 2.45) is 0 Å². The van der Waals surface area contributed by atoms with E-state index in [1.165, 1.54) is 12.8 Å². The minimum absolute atomic E-state index is 0.0107. The Labute approximate surface area is 111 Å². The van der Waals surface area contributed by atoms with E-state index in [2.05, 4.69) is 5.32 Å². The van der Waals surface area contributed by atoms with Crippen LogP contribution in [0.2, 0.25) is 0 Å². The van der Waals surface area contributed by atoms with Gasteiger partial charge in [0.2, 0.25) is 0 Å². The average Bonchev–Trinajstić information content (AvgIpc) is 3.04. The molecule has 1 aliphatic carbocycles. The zero-order chi connectivity index (χ0) is 13.2. The maximum atomic E-state index is 11.9. The van der Waals surface area contributed by atoms with Crippen LogP contribution in [0.3, 0.4) is 0 Å². The molecule has 0 aliphatic heterocycles. The number of hydrogen-bond donors (Lipinski definition) is 1. The molecule has 5 nitrogen and oxygen atoms in total. The van der Waals surface area contributed by atoms with Crippen LogP contribution in [0, 0.1) is 0 Å². The summed E-state index contributed by atoms with van der Waals surface area (Å²) in [6, 6.07) is 4.60. The van der Waals surface area contributed by atoms with Crippen LogP contribution in [-0.2, 0) is 19.6 Å². The van der Waals surface area contributed by atoms with Crippen molar-refractivity contribution in [2.75, 3.05) is 0 Å². The van der Waals surface area contributed by atoms with E-state index < -0.39 is 0 Å². The molecule has 0 spiro atoms. The molecule has 0 radical (unpaired) electrons. The van der Waals surface area contributed by atoms with E-state index >= 15 is 0 Å². The fourth-order valence-corrected chi connectivity index (χ4v) is 2.12. The third-order valence-corrected chi connectivity index (χ3v) is 3.44. The maximum Gasteiger partial charge on any atom is 0.328 e. The smallest absolute Gasteiger partial charge is 0.328 e. The summed E-state index contributed by atoms with van der Waals surface area (Å²) in [7, 11) is 0. The predicted octanol–water partition coefficient (Wildman–Crippen LogP) is 1.56. The highest BCUT2D eigenvalue weighted by molar-refractivity contribution is 5.08. The highest BCUT2D eigenvalue weighted by Gasteiger charge is 2.20. The van der Waals surface area contributed by atoms with Crippen molar-refractivity contribution in [1.82, 2.24) is 14.5 Å². The van der Waals surface area contributed by atoms with E-state index in [1.807, 2.05) is 19.1 Å². The van der Waals surface area contributed by atoms with Gasteiger partial charge in [-0.25, -0.2) is 4.79 Å². The van der Waals surface area contributed by atoms with Gasteiger partial charge in [-0.1, -0.05) is 0 Å². The topological polar surface area (TPSA) is 52.1 Å². The molecule has 0 aromatic carbocycles. The van der Waals surface area contributed by atoms with E-state index in [-0.39, 0.29) is 5.69 Å². The minimum atomic E-state index is 0.0107. The summed E-state index contributed by atoms with van der Waals surface area (Å²) in [5.41, 5.74) is 0.0107. The number of imidazole rings is 1. The molecule has 102 valence electrons. The first-order valence-electron chi connectivity index (χ1n) is 6.83. The van der Waals surface area contributed by atoms with Crippen LogP contribution in [0.5, 0.6) is 0 Å². The fourth-order valence-electron chi connectivity index (χ4n) is 2.12. The lowest BCUT2D eigenvalue weighted by molar-refractivity contribution is 0.434. The summed E-state index contributed by atoms with van der Waals surface area (Å²) in [6.07, 6.45) is 6.15. The Balaban J connectivity index is 1.65. The van der Waals surface area contributed by atoms with Crippen molar-refractivity contribution < 1.29 is 4.42 Å². The maximum absolute atomic E-state index is 11.9. The standard InChI is InChI=1S/C14H19N3O2/c1-2-16-7-8-17(14(16)18)10-13-6-5-12(19-13)9-15-11-3-4-11/h5-8,11,15H,2-4,9-10H2,1H3. The van der Waals surface area contributed by atoms with Crippen LogP contribution in [-0.4, -0.2) is 15.2 Å². The van der Waals surface area contributed by atoms with Gasteiger partial charge in [-0.3, -0.25) is 9.13 Å². The molecule has 1 N–H and O–H groups in total. The van der Waals surface area contributed by atoms with Gasteiger partial charge in [0, 0.05) is 25.0 Å². The molecule has 0 atom stereocenters. The zero-order valence-electron chi connectivity index (χ0n) is 11.1. The number of furan rings is 1. The van der Waals surface area contributed by atoms with Gasteiger partial charge in [-0.05, 0) is 31.9 Å². The lowest BCUT2D eigenvalue weighted by Crippen LogP contribution is -2.23. The molecule has 2 heterocycles. The van der Waals surface area contributed by atoms with Crippen LogP contribution < -0.4 is 11.0 Å². The van der Waals surface area contributed by atoms with Crippen molar-refractivity contribution in [3.05, 3.63) is 46.5 Å². The van der Waals surface area contributed by atoms with Crippen molar-refractivity contribution in [1.29, 1.82) is 0 Å². The van der Waals surface area contributed by atoms with Crippen molar-refractivity contribution >= 4 is 0 Å². The third kappa shape index (κ3) is 2.81. The van der Waals surface area contributed by atoms with E-state index in [4.69, 9.17) is 4.42 Å². The number of rotatable bonds is 6. The van der Waals surface area contributed by atoms with Crippen LogP contribution in [0.1, 0.15) is 31.3 Å². The van der Waals surface area contributed by atoms with Crippen LogP contribution in [0.25, 0.3) is 0 Å². The first kappa shape index (κ1) is 12.3. The predicted molar refractivity (Wildman–Crippen MR) is 72.0 cm³/mol. The van der Waals surface area contributed by atoms with Crippen LogP contribution in [0.15, 0.2) is 33.7 Å². The fraction of sp³-hybridized carbons (Fsp3) is 0.500. The first-order valence-corrected chi connectivity index (χ1v) is 6.83. The van der Waals surface area contributed by atoms with Crippen molar-refractivity contribution in [3.8, 4) is 0 Å². The van der Waals surface area contributed by atoms with E-state index in [1.54, 1.807) is 21.5 Å². The molecule has 5 heteroatoms. The third-order valence-electron chi connectivity index (χ3n) is 3.44. The van der Waals surface area contributed by atoms with Gasteiger partial charge in [-0.15, -0.1) is 0 Å². The highest BCUT2D eigenvalue weighted by Crippen LogP contribution is 2.19. The SMILES string of the molecule is CCn1ccn(Cc2ccc(CNC3CC3)o2)c1=O. The molecule has 19 heavy (non-hydrogen) atoms. The average molecular weight is 261 g/mol. The zero-order valence-corrected chi connectivity index (χ0v) is 11.1. The molecular weight excluding hydrogens is 242 g/mol. The van der Waals surface area contributed by atoms with Gasteiger partial charge in [0.25, 0.3) is 0 Å². The molecule has 2 aromatic rings. The summed E-state index contributed by atoms with van der Waals surface area (Å²) in [4.78, 5) is 11.9. The van der Waals surface area contributed by atoms with E-state index in [9.17, 15) is 4.79 Å². The summed E-state index contributed by atoms with van der Waals surface area (Å²) >= 11 is 0. The largest absolute Gasteiger partial charge is 0.463 e.